The van der Waals surface area contributed by atoms with Crippen LogP contribution in [-0.4, -0.2) is 43.6 Å². The second-order valence-electron chi connectivity index (χ2n) is 9.41. The number of ether oxygens (including phenoxy) is 1. The first-order chi connectivity index (χ1) is 15.9. The highest BCUT2D eigenvalue weighted by molar-refractivity contribution is 6.31. The zero-order valence-electron chi connectivity index (χ0n) is 18.6. The largest absolute Gasteiger partial charge is 0.489 e. The van der Waals surface area contributed by atoms with Gasteiger partial charge in [0.2, 0.25) is 0 Å². The van der Waals surface area contributed by atoms with Crippen molar-refractivity contribution in [1.82, 2.24) is 24.8 Å². The van der Waals surface area contributed by atoms with Crippen LogP contribution in [0.2, 0.25) is 5.02 Å². The summed E-state index contributed by atoms with van der Waals surface area (Å²) in [7, 11) is 0. The molecule has 0 radical (unpaired) electrons. The number of nitrogens with zero attached hydrogens (tertiary/aromatic N) is 4. The van der Waals surface area contributed by atoms with Crippen LogP contribution in [0.15, 0.2) is 18.2 Å². The van der Waals surface area contributed by atoms with E-state index < -0.39 is 5.82 Å². The number of fused-ring (bicyclic) bond motifs is 5. The fraction of sp³-hybridized carbons (Fsp3) is 0.458. The van der Waals surface area contributed by atoms with E-state index in [9.17, 15) is 9.18 Å². The molecule has 3 atom stereocenters. The fourth-order valence-electron chi connectivity index (χ4n) is 5.48. The van der Waals surface area contributed by atoms with Gasteiger partial charge >= 0.3 is 0 Å². The Morgan fingerprint density at radius 1 is 1.21 bits per heavy atom. The van der Waals surface area contributed by atoms with E-state index in [1.807, 2.05) is 13.8 Å². The van der Waals surface area contributed by atoms with E-state index in [1.54, 1.807) is 9.42 Å². The quantitative estimate of drug-likeness (QED) is 0.628. The van der Waals surface area contributed by atoms with Crippen LogP contribution in [0, 0.1) is 19.7 Å². The number of halogens is 2. The topological polar surface area (TPSA) is 71.8 Å². The smallest absolute Gasteiger partial charge is 0.258 e. The van der Waals surface area contributed by atoms with Crippen LogP contribution < -0.4 is 10.1 Å². The zero-order chi connectivity index (χ0) is 22.9. The number of piperidine rings is 1. The molecule has 1 N–H and O–H groups in total. The lowest BCUT2D eigenvalue weighted by molar-refractivity contribution is 0.0737. The van der Waals surface area contributed by atoms with Crippen molar-refractivity contribution in [3.63, 3.8) is 0 Å². The second kappa shape index (κ2) is 7.67. The molecule has 2 bridgehead atoms. The molecule has 0 spiro atoms. The first-order valence-electron chi connectivity index (χ1n) is 11.4. The third-order valence-electron chi connectivity index (χ3n) is 7.14. The first-order valence-corrected chi connectivity index (χ1v) is 11.8. The monoisotopic (exact) mass is 469 g/mol. The summed E-state index contributed by atoms with van der Waals surface area (Å²) in [6.07, 6.45) is 4.02. The second-order valence-corrected chi connectivity index (χ2v) is 9.79. The summed E-state index contributed by atoms with van der Waals surface area (Å²) in [5.41, 5.74) is 4.40. The van der Waals surface area contributed by atoms with Gasteiger partial charge in [0, 0.05) is 23.7 Å². The number of carbonyl (C=O) groups excluding carboxylic acids is 1. The molecule has 0 saturated carbocycles. The Kier molecular flexibility index (Phi) is 4.85. The number of amides is 1. The molecule has 2 aromatic heterocycles. The molecule has 1 amide bonds. The van der Waals surface area contributed by atoms with Gasteiger partial charge in [-0.05, 0) is 51.7 Å². The lowest BCUT2D eigenvalue weighted by Gasteiger charge is -2.30. The molecular formula is C24H25ClFN5O2. The number of hydrogen-bond donors (Lipinski definition) is 1. The van der Waals surface area contributed by atoms with Crippen molar-refractivity contribution in [2.45, 2.75) is 70.8 Å². The molecule has 2 fully saturated rings. The van der Waals surface area contributed by atoms with Crippen LogP contribution in [0.5, 0.6) is 5.75 Å². The summed E-state index contributed by atoms with van der Waals surface area (Å²) in [4.78, 5) is 19.8. The zero-order valence-corrected chi connectivity index (χ0v) is 19.3. The van der Waals surface area contributed by atoms with Crippen molar-refractivity contribution >= 4 is 23.2 Å². The van der Waals surface area contributed by atoms with Crippen LogP contribution in [0.1, 0.15) is 58.7 Å². The van der Waals surface area contributed by atoms with Crippen LogP contribution in [0.3, 0.4) is 0 Å². The molecule has 9 heteroatoms. The van der Waals surface area contributed by atoms with E-state index in [0.29, 0.717) is 41.5 Å². The minimum absolute atomic E-state index is 0.0167. The molecule has 1 aromatic carbocycles. The van der Waals surface area contributed by atoms with E-state index in [1.165, 1.54) is 18.2 Å². The Morgan fingerprint density at radius 2 is 1.97 bits per heavy atom. The van der Waals surface area contributed by atoms with Crippen molar-refractivity contribution in [2.75, 3.05) is 0 Å². The number of benzene rings is 1. The highest BCUT2D eigenvalue weighted by Gasteiger charge is 2.36. The molecule has 1 unspecified atom stereocenters. The minimum atomic E-state index is -0.409. The Labute approximate surface area is 195 Å². The molecule has 33 heavy (non-hydrogen) atoms. The van der Waals surface area contributed by atoms with E-state index >= 15 is 0 Å². The molecule has 7 nitrogen and oxygen atoms in total. The van der Waals surface area contributed by atoms with Crippen LogP contribution in [0.4, 0.5) is 4.39 Å². The Hall–Kier alpha value is -2.71. The third-order valence-corrected chi connectivity index (χ3v) is 7.69. The standard InChI is InChI=1S/C24H25ClFN5O2/c1-12-22(25)13(2)31-23(27-12)19-10-30(11-20(19)29-31)24(32)18-6-3-14(26)7-21(18)33-17-8-15-4-5-16(9-17)28-15/h3,6-7,15-17,28H,4-5,8-11H2,1-2H3/t15-,16?,17+/m1/s1. The highest BCUT2D eigenvalue weighted by atomic mass is 35.5. The maximum Gasteiger partial charge on any atom is 0.258 e. The van der Waals surface area contributed by atoms with E-state index in [-0.39, 0.29) is 12.0 Å². The van der Waals surface area contributed by atoms with Crippen molar-refractivity contribution in [1.29, 1.82) is 0 Å². The van der Waals surface area contributed by atoms with E-state index in [0.717, 1.165) is 54.0 Å². The first kappa shape index (κ1) is 20.9. The Morgan fingerprint density at radius 3 is 2.73 bits per heavy atom. The number of aromatic nitrogens is 3. The average molecular weight is 470 g/mol. The third kappa shape index (κ3) is 3.47. The number of rotatable bonds is 3. The molecule has 2 saturated heterocycles. The molecule has 172 valence electrons. The number of carbonyl (C=O) groups is 1. The average Bonchev–Trinajstić information content (AvgIpc) is 3.45. The van der Waals surface area contributed by atoms with Gasteiger partial charge in [0.1, 0.15) is 17.7 Å². The fourth-order valence-corrected chi connectivity index (χ4v) is 5.60. The predicted octanol–water partition coefficient (Wildman–Crippen LogP) is 3.96. The van der Waals surface area contributed by atoms with Crippen molar-refractivity contribution in [3.05, 3.63) is 57.2 Å². The molecular weight excluding hydrogens is 445 g/mol. The van der Waals surface area contributed by atoms with Crippen molar-refractivity contribution < 1.29 is 13.9 Å². The lowest BCUT2D eigenvalue weighted by atomic mass is 10.0. The highest BCUT2D eigenvalue weighted by Crippen LogP contribution is 2.34. The number of hydrogen-bond acceptors (Lipinski definition) is 5. The Balaban J connectivity index is 1.27. The number of aryl methyl sites for hydroxylation is 2. The van der Waals surface area contributed by atoms with Gasteiger partial charge in [0.15, 0.2) is 5.65 Å². The molecule has 3 aliphatic rings. The minimum Gasteiger partial charge on any atom is -0.489 e. The van der Waals surface area contributed by atoms with Gasteiger partial charge in [0.25, 0.3) is 5.91 Å². The van der Waals surface area contributed by atoms with Gasteiger partial charge in [-0.25, -0.2) is 13.9 Å². The van der Waals surface area contributed by atoms with Gasteiger partial charge in [-0.1, -0.05) is 11.6 Å². The maximum atomic E-state index is 14.1. The summed E-state index contributed by atoms with van der Waals surface area (Å²) < 4.78 is 22.1. The van der Waals surface area contributed by atoms with Crippen molar-refractivity contribution in [3.8, 4) is 5.75 Å². The van der Waals surface area contributed by atoms with E-state index in [4.69, 9.17) is 16.3 Å². The predicted molar refractivity (Wildman–Crippen MR) is 121 cm³/mol. The summed E-state index contributed by atoms with van der Waals surface area (Å²) in [5, 5.41) is 8.83. The summed E-state index contributed by atoms with van der Waals surface area (Å²) >= 11 is 6.33. The number of nitrogens with one attached hydrogen (secondary N) is 1. The summed E-state index contributed by atoms with van der Waals surface area (Å²) in [6, 6.07) is 5.06. The molecule has 5 heterocycles. The summed E-state index contributed by atoms with van der Waals surface area (Å²) in [5.74, 6) is -0.282. The van der Waals surface area contributed by atoms with Gasteiger partial charge in [-0.15, -0.1) is 0 Å². The SMILES string of the molecule is Cc1nc2c3c(nn2c(C)c1Cl)CN(C(=O)c1ccc(F)cc1O[C@@H]1CC2CC[C@H](C1)N2)C3. The van der Waals surface area contributed by atoms with Gasteiger partial charge in [0.05, 0.1) is 40.8 Å². The van der Waals surface area contributed by atoms with Crippen LogP contribution in [0.25, 0.3) is 5.65 Å². The van der Waals surface area contributed by atoms with Gasteiger partial charge < -0.3 is 15.0 Å². The molecule has 0 aliphatic carbocycles. The Bertz CT molecular complexity index is 1280. The van der Waals surface area contributed by atoms with Crippen LogP contribution >= 0.6 is 11.6 Å². The molecule has 6 rings (SSSR count). The molecule has 3 aliphatic heterocycles. The van der Waals surface area contributed by atoms with Crippen LogP contribution in [-0.2, 0) is 13.1 Å². The lowest BCUT2D eigenvalue weighted by Crippen LogP contribution is -2.42. The van der Waals surface area contributed by atoms with Gasteiger partial charge in [-0.2, -0.15) is 5.10 Å². The van der Waals surface area contributed by atoms with Crippen molar-refractivity contribution in [2.24, 2.45) is 0 Å². The van der Waals surface area contributed by atoms with Gasteiger partial charge in [-0.3, -0.25) is 4.79 Å². The maximum absolute atomic E-state index is 14.1. The molecule has 3 aromatic rings. The van der Waals surface area contributed by atoms with E-state index in [2.05, 4.69) is 15.4 Å². The normalized spacial score (nSPS) is 23.9. The summed E-state index contributed by atoms with van der Waals surface area (Å²) in [6.45, 7) is 4.52.